The van der Waals surface area contributed by atoms with Gasteiger partial charge >= 0.3 is 6.09 Å². The third kappa shape index (κ3) is 5.25. The number of allylic oxidation sites excluding steroid dienone is 1. The number of piperazine rings is 1. The van der Waals surface area contributed by atoms with Crippen LogP contribution in [0.15, 0.2) is 60.3 Å². The quantitative estimate of drug-likeness (QED) is 0.522. The summed E-state index contributed by atoms with van der Waals surface area (Å²) in [6, 6.07) is 16.4. The van der Waals surface area contributed by atoms with E-state index in [-0.39, 0.29) is 23.6 Å². The van der Waals surface area contributed by atoms with E-state index in [4.69, 9.17) is 15.1 Å². The number of hydrogen-bond donors (Lipinski definition) is 1. The molecule has 2 aliphatic heterocycles. The van der Waals surface area contributed by atoms with Gasteiger partial charge < -0.3 is 14.5 Å². The van der Waals surface area contributed by atoms with Gasteiger partial charge in [-0.1, -0.05) is 24.3 Å². The first-order chi connectivity index (χ1) is 18.5. The number of pyridine rings is 1. The summed E-state index contributed by atoms with van der Waals surface area (Å²) < 4.78 is 5.44. The normalized spacial score (nSPS) is 16.6. The smallest absolute Gasteiger partial charge is 0.410 e. The summed E-state index contributed by atoms with van der Waals surface area (Å²) in [5.74, 6) is -0.270. The summed E-state index contributed by atoms with van der Waals surface area (Å²) in [5, 5.41) is 9.42. The molecule has 1 aromatic heterocycles. The van der Waals surface area contributed by atoms with E-state index in [0.29, 0.717) is 59.9 Å². The van der Waals surface area contributed by atoms with Crippen molar-refractivity contribution in [2.45, 2.75) is 33.3 Å². The lowest BCUT2D eigenvalue weighted by molar-refractivity contribution is -0.116. The van der Waals surface area contributed by atoms with Crippen molar-refractivity contribution in [3.8, 4) is 0 Å². The van der Waals surface area contributed by atoms with E-state index < -0.39 is 5.60 Å². The fourth-order valence-corrected chi connectivity index (χ4v) is 4.83. The molecular formula is C30H31N5O4. The van der Waals surface area contributed by atoms with Gasteiger partial charge in [-0.25, -0.2) is 9.78 Å². The molecule has 0 saturated carbocycles. The minimum Gasteiger partial charge on any atom is -0.444 e. The molecule has 3 aromatic rings. The molecule has 1 N–H and O–H groups in total. The van der Waals surface area contributed by atoms with Crippen LogP contribution in [0.1, 0.15) is 49.3 Å². The van der Waals surface area contributed by atoms with E-state index in [1.165, 1.54) is 11.8 Å². The Labute approximate surface area is 227 Å². The van der Waals surface area contributed by atoms with Crippen molar-refractivity contribution in [2.75, 3.05) is 31.1 Å². The number of aromatic nitrogens is 1. The number of carbonyl (C=O) groups excluding carboxylic acids is 3. The van der Waals surface area contributed by atoms with Gasteiger partial charge in [0.05, 0.1) is 28.3 Å². The summed E-state index contributed by atoms with van der Waals surface area (Å²) in [4.78, 5) is 47.5. The van der Waals surface area contributed by atoms with Crippen LogP contribution in [0, 0.1) is 5.41 Å². The van der Waals surface area contributed by atoms with Crippen LogP contribution >= 0.6 is 0 Å². The van der Waals surface area contributed by atoms with Gasteiger partial charge in [-0.05, 0) is 57.2 Å². The summed E-state index contributed by atoms with van der Waals surface area (Å²) in [6.45, 7) is 8.68. The zero-order chi connectivity index (χ0) is 27.9. The number of benzene rings is 2. The molecule has 2 aromatic carbocycles. The van der Waals surface area contributed by atoms with Gasteiger partial charge in [0.25, 0.3) is 5.91 Å². The summed E-state index contributed by atoms with van der Waals surface area (Å²) in [5.41, 5.74) is 3.45. The van der Waals surface area contributed by atoms with Crippen molar-refractivity contribution >= 4 is 46.3 Å². The summed E-state index contributed by atoms with van der Waals surface area (Å²) >= 11 is 0. The summed E-state index contributed by atoms with van der Waals surface area (Å²) in [7, 11) is 0. The van der Waals surface area contributed by atoms with Crippen LogP contribution in [0.25, 0.3) is 17.0 Å². The average molecular weight is 526 g/mol. The van der Waals surface area contributed by atoms with Gasteiger partial charge in [0.2, 0.25) is 5.91 Å². The van der Waals surface area contributed by atoms with Crippen LogP contribution in [-0.2, 0) is 9.53 Å². The van der Waals surface area contributed by atoms with Gasteiger partial charge in [-0.15, -0.1) is 0 Å². The Morgan fingerprint density at radius 3 is 2.33 bits per heavy atom. The molecule has 5 rings (SSSR count). The lowest BCUT2D eigenvalue weighted by atomic mass is 10.1. The molecule has 2 aliphatic rings. The molecule has 0 unspecified atom stereocenters. The van der Waals surface area contributed by atoms with Crippen molar-refractivity contribution in [2.24, 2.45) is 0 Å². The molecule has 0 radical (unpaired) electrons. The minimum absolute atomic E-state index is 0.0961. The van der Waals surface area contributed by atoms with Crippen LogP contribution in [0.4, 0.5) is 10.5 Å². The van der Waals surface area contributed by atoms with E-state index in [1.807, 2.05) is 63.2 Å². The lowest BCUT2D eigenvalue weighted by Crippen LogP contribution is -2.51. The molecular weight excluding hydrogens is 494 g/mol. The maximum Gasteiger partial charge on any atom is 0.410 e. The molecule has 1 fully saturated rings. The molecule has 39 heavy (non-hydrogen) atoms. The zero-order valence-electron chi connectivity index (χ0n) is 22.5. The van der Waals surface area contributed by atoms with Crippen molar-refractivity contribution < 1.29 is 19.1 Å². The van der Waals surface area contributed by atoms with Gasteiger partial charge in [0.15, 0.2) is 0 Å². The number of nitrogens with zero attached hydrogens (tertiary/aromatic N) is 4. The number of para-hydroxylation sites is 1. The predicted octanol–water partition coefficient (Wildman–Crippen LogP) is 4.70. The Bertz CT molecular complexity index is 1530. The van der Waals surface area contributed by atoms with Gasteiger partial charge in [0.1, 0.15) is 5.60 Å². The topological polar surface area (TPSA) is 107 Å². The zero-order valence-corrected chi connectivity index (χ0v) is 22.5. The van der Waals surface area contributed by atoms with Crippen LogP contribution in [-0.4, -0.2) is 70.2 Å². The van der Waals surface area contributed by atoms with Gasteiger partial charge in [0, 0.05) is 49.6 Å². The van der Waals surface area contributed by atoms with E-state index >= 15 is 0 Å². The Hall–Kier alpha value is -4.53. The Morgan fingerprint density at radius 2 is 1.64 bits per heavy atom. The molecule has 3 heterocycles. The third-order valence-electron chi connectivity index (χ3n) is 6.69. The maximum atomic E-state index is 13.2. The maximum absolute atomic E-state index is 13.2. The van der Waals surface area contributed by atoms with E-state index in [2.05, 4.69) is 0 Å². The van der Waals surface area contributed by atoms with Crippen LogP contribution in [0.5, 0.6) is 0 Å². The highest BCUT2D eigenvalue weighted by Gasteiger charge is 2.32. The number of nitrogens with one attached hydrogen (secondary N) is 1. The Balaban J connectivity index is 1.32. The van der Waals surface area contributed by atoms with Crippen molar-refractivity contribution in [3.05, 3.63) is 77.1 Å². The number of amides is 3. The SMILES string of the molecule is CC(=O)N1/C(=C\c2ccc3cc(C(=O)N4CCN(C(=O)OC(C)(C)C)CC4)ccc3n2)C(=N)c2ccccc21. The number of hydrogen-bond acceptors (Lipinski definition) is 6. The fraction of sp³-hybridized carbons (Fsp3) is 0.300. The second-order valence-corrected chi connectivity index (χ2v) is 10.7. The Morgan fingerprint density at radius 1 is 0.949 bits per heavy atom. The monoisotopic (exact) mass is 525 g/mol. The Kier molecular flexibility index (Phi) is 6.68. The number of anilines is 1. The van der Waals surface area contributed by atoms with E-state index in [9.17, 15) is 14.4 Å². The second kappa shape index (κ2) is 9.98. The molecule has 200 valence electrons. The highest BCUT2D eigenvalue weighted by atomic mass is 16.6. The molecule has 9 heteroatoms. The first-order valence-electron chi connectivity index (χ1n) is 12.9. The van der Waals surface area contributed by atoms with Crippen LogP contribution in [0.3, 0.4) is 0 Å². The molecule has 0 spiro atoms. The minimum atomic E-state index is -0.559. The number of rotatable bonds is 2. The molecule has 3 amide bonds. The predicted molar refractivity (Wildman–Crippen MR) is 150 cm³/mol. The fourth-order valence-electron chi connectivity index (χ4n) is 4.83. The lowest BCUT2D eigenvalue weighted by Gasteiger charge is -2.35. The highest BCUT2D eigenvalue weighted by Crippen LogP contribution is 2.35. The molecule has 1 saturated heterocycles. The number of ether oxygens (including phenoxy) is 1. The van der Waals surface area contributed by atoms with Crippen LogP contribution < -0.4 is 4.90 Å². The summed E-state index contributed by atoms with van der Waals surface area (Å²) in [6.07, 6.45) is 1.38. The second-order valence-electron chi connectivity index (χ2n) is 10.7. The van der Waals surface area contributed by atoms with E-state index in [0.717, 1.165) is 5.39 Å². The molecule has 0 aliphatic carbocycles. The molecule has 9 nitrogen and oxygen atoms in total. The molecule has 0 bridgehead atoms. The van der Waals surface area contributed by atoms with Gasteiger partial charge in [-0.3, -0.25) is 19.9 Å². The highest BCUT2D eigenvalue weighted by molar-refractivity contribution is 6.27. The average Bonchev–Trinajstić information content (AvgIpc) is 3.18. The first kappa shape index (κ1) is 26.1. The first-order valence-corrected chi connectivity index (χ1v) is 12.9. The standard InChI is InChI=1S/C30H31N5O4/c1-19(36)35-25-8-6-5-7-23(25)27(31)26(35)18-22-11-9-20-17-21(10-12-24(20)32-22)28(37)33-13-15-34(16-14-33)29(38)39-30(2,3)4/h5-12,17-18,31H,13-16H2,1-4H3/b26-18-,31-27?. The third-order valence-corrected chi connectivity index (χ3v) is 6.69. The van der Waals surface area contributed by atoms with Gasteiger partial charge in [-0.2, -0.15) is 0 Å². The van der Waals surface area contributed by atoms with Crippen molar-refractivity contribution in [1.29, 1.82) is 5.41 Å². The van der Waals surface area contributed by atoms with Crippen molar-refractivity contribution in [1.82, 2.24) is 14.8 Å². The van der Waals surface area contributed by atoms with E-state index in [1.54, 1.807) is 28.0 Å². The number of carbonyl (C=O) groups is 3. The molecule has 0 atom stereocenters. The van der Waals surface area contributed by atoms with Crippen LogP contribution in [0.2, 0.25) is 0 Å². The van der Waals surface area contributed by atoms with Crippen molar-refractivity contribution in [3.63, 3.8) is 0 Å². The number of fused-ring (bicyclic) bond motifs is 2. The largest absolute Gasteiger partial charge is 0.444 e.